The zero-order valence-electron chi connectivity index (χ0n) is 18.7. The lowest BCUT2D eigenvalue weighted by atomic mass is 9.76. The highest BCUT2D eigenvalue weighted by Crippen LogP contribution is 2.37. The van der Waals surface area contributed by atoms with Crippen LogP contribution in [-0.2, 0) is 10.8 Å². The average molecular weight is 371 g/mol. The molecule has 0 atom stereocenters. The first-order valence-electron chi connectivity index (χ1n) is 9.96. The summed E-state index contributed by atoms with van der Waals surface area (Å²) in [6.45, 7) is 19.1. The molecule has 0 unspecified atom stereocenters. The van der Waals surface area contributed by atoms with E-state index in [9.17, 15) is 10.2 Å². The zero-order valence-corrected chi connectivity index (χ0v) is 18.7. The molecule has 0 aliphatic rings. The Morgan fingerprint density at radius 1 is 0.741 bits per heavy atom. The van der Waals surface area contributed by atoms with Crippen molar-refractivity contribution in [3.63, 3.8) is 0 Å². The largest absolute Gasteiger partial charge is 0.508 e. The van der Waals surface area contributed by atoms with Crippen LogP contribution in [0.4, 0.5) is 0 Å². The third-order valence-corrected chi connectivity index (χ3v) is 5.91. The van der Waals surface area contributed by atoms with E-state index in [1.54, 1.807) is 0 Å². The number of aromatic hydroxyl groups is 2. The topological polar surface area (TPSA) is 40.5 Å². The van der Waals surface area contributed by atoms with E-state index in [0.29, 0.717) is 11.5 Å². The van der Waals surface area contributed by atoms with Gasteiger partial charge in [0.1, 0.15) is 11.5 Å². The highest BCUT2D eigenvalue weighted by atomic mass is 16.3. The van der Waals surface area contributed by atoms with E-state index in [1.807, 2.05) is 45.0 Å². The van der Waals surface area contributed by atoms with E-state index < -0.39 is 0 Å². The molecule has 2 aromatic carbocycles. The summed E-state index contributed by atoms with van der Waals surface area (Å²) in [5, 5.41) is 19.4. The van der Waals surface area contributed by atoms with Gasteiger partial charge in [0.2, 0.25) is 0 Å². The molecule has 0 aliphatic carbocycles. The molecule has 27 heavy (non-hydrogen) atoms. The van der Waals surface area contributed by atoms with Crippen molar-refractivity contribution in [1.29, 1.82) is 0 Å². The van der Waals surface area contributed by atoms with Crippen LogP contribution in [0.2, 0.25) is 0 Å². The predicted molar refractivity (Wildman–Crippen MR) is 117 cm³/mol. The Bertz CT molecular complexity index is 747. The molecule has 0 aliphatic heterocycles. The molecule has 0 saturated carbocycles. The lowest BCUT2D eigenvalue weighted by Gasteiger charge is -2.29. The minimum Gasteiger partial charge on any atom is -0.508 e. The van der Waals surface area contributed by atoms with Crippen LogP contribution < -0.4 is 0 Å². The monoisotopic (exact) mass is 370 g/mol. The number of rotatable bonds is 4. The summed E-state index contributed by atoms with van der Waals surface area (Å²) in [5.41, 5.74) is 5.70. The molecule has 0 fully saturated rings. The van der Waals surface area contributed by atoms with Gasteiger partial charge in [-0.15, -0.1) is 0 Å². The predicted octanol–water partition coefficient (Wildman–Crippen LogP) is 7.08. The van der Waals surface area contributed by atoms with Gasteiger partial charge in [0, 0.05) is 0 Å². The van der Waals surface area contributed by atoms with Crippen molar-refractivity contribution in [2.45, 2.75) is 86.0 Å². The first kappa shape index (κ1) is 23.1. The first-order valence-corrected chi connectivity index (χ1v) is 9.96. The number of hydrogen-bond donors (Lipinski definition) is 2. The van der Waals surface area contributed by atoms with Gasteiger partial charge in [-0.3, -0.25) is 0 Å². The average Bonchev–Trinajstić information content (AvgIpc) is 2.60. The Labute approximate surface area is 166 Å². The molecule has 2 nitrogen and oxygen atoms in total. The van der Waals surface area contributed by atoms with Crippen LogP contribution in [0.5, 0.6) is 11.5 Å². The van der Waals surface area contributed by atoms with Crippen LogP contribution in [0.1, 0.15) is 82.2 Å². The minimum atomic E-state index is 0.0317. The second kappa shape index (κ2) is 8.82. The van der Waals surface area contributed by atoms with Gasteiger partial charge in [0.15, 0.2) is 0 Å². The van der Waals surface area contributed by atoms with Gasteiger partial charge < -0.3 is 10.2 Å². The number of phenolic OH excluding ortho intramolecular Hbond substituents is 2. The number of hydrogen-bond acceptors (Lipinski definition) is 2. The lowest BCUT2D eigenvalue weighted by molar-refractivity contribution is 0.425. The van der Waals surface area contributed by atoms with Gasteiger partial charge >= 0.3 is 0 Å². The van der Waals surface area contributed by atoms with Gasteiger partial charge in [0.05, 0.1) is 0 Å². The Kier molecular flexibility index (Phi) is 7.54. The van der Waals surface area contributed by atoms with Crippen molar-refractivity contribution in [2.75, 3.05) is 0 Å². The first-order chi connectivity index (χ1) is 12.4. The Morgan fingerprint density at radius 2 is 1.22 bits per heavy atom. The second-order valence-electron chi connectivity index (χ2n) is 8.95. The molecule has 2 rings (SSSR count). The molecule has 0 amide bonds. The molecule has 2 N–H and O–H groups in total. The summed E-state index contributed by atoms with van der Waals surface area (Å²) in [7, 11) is 0. The third kappa shape index (κ3) is 5.76. The van der Waals surface area contributed by atoms with E-state index >= 15 is 0 Å². The van der Waals surface area contributed by atoms with Gasteiger partial charge in [-0.25, -0.2) is 0 Å². The molecule has 0 aromatic heterocycles. The van der Waals surface area contributed by atoms with Crippen LogP contribution in [0.3, 0.4) is 0 Å². The molecule has 0 spiro atoms. The number of phenols is 2. The fraction of sp³-hybridized carbons (Fsp3) is 0.520. The van der Waals surface area contributed by atoms with E-state index in [-0.39, 0.29) is 10.8 Å². The van der Waals surface area contributed by atoms with Gasteiger partial charge in [-0.2, -0.15) is 0 Å². The van der Waals surface area contributed by atoms with Gasteiger partial charge in [0.25, 0.3) is 0 Å². The summed E-state index contributed by atoms with van der Waals surface area (Å²) < 4.78 is 0. The fourth-order valence-electron chi connectivity index (χ4n) is 3.07. The van der Waals surface area contributed by atoms with Crippen molar-refractivity contribution in [3.8, 4) is 11.5 Å². The van der Waals surface area contributed by atoms with Crippen LogP contribution in [0.15, 0.2) is 30.3 Å². The summed E-state index contributed by atoms with van der Waals surface area (Å²) in [6.07, 6.45) is 2.13. The molecule has 0 heterocycles. The minimum absolute atomic E-state index is 0.0317. The Balaban J connectivity index is 0.000000309. The van der Waals surface area contributed by atoms with E-state index in [1.165, 1.54) is 11.1 Å². The highest BCUT2D eigenvalue weighted by molar-refractivity contribution is 5.43. The molecule has 0 bridgehead atoms. The molecule has 0 saturated heterocycles. The normalized spacial score (nSPS) is 11.7. The maximum absolute atomic E-state index is 10.0. The quantitative estimate of drug-likeness (QED) is 0.603. The van der Waals surface area contributed by atoms with E-state index in [4.69, 9.17) is 0 Å². The summed E-state index contributed by atoms with van der Waals surface area (Å²) in [5.74, 6) is 0.845. The van der Waals surface area contributed by atoms with Crippen LogP contribution in [0, 0.1) is 20.8 Å². The smallest absolute Gasteiger partial charge is 0.121 e. The van der Waals surface area contributed by atoms with E-state index in [0.717, 1.165) is 29.5 Å². The highest BCUT2D eigenvalue weighted by Gasteiger charge is 2.25. The molecule has 0 radical (unpaired) electrons. The van der Waals surface area contributed by atoms with Crippen LogP contribution in [0.25, 0.3) is 0 Å². The zero-order chi connectivity index (χ0) is 21.0. The van der Waals surface area contributed by atoms with Gasteiger partial charge in [-0.1, -0.05) is 71.4 Å². The van der Waals surface area contributed by atoms with Crippen LogP contribution in [-0.4, -0.2) is 10.2 Å². The van der Waals surface area contributed by atoms with Gasteiger partial charge in [-0.05, 0) is 72.8 Å². The van der Waals surface area contributed by atoms with Crippen molar-refractivity contribution < 1.29 is 10.2 Å². The molecule has 2 heteroatoms. The van der Waals surface area contributed by atoms with Crippen molar-refractivity contribution in [2.24, 2.45) is 0 Å². The van der Waals surface area contributed by atoms with Crippen molar-refractivity contribution in [1.82, 2.24) is 0 Å². The fourth-order valence-corrected chi connectivity index (χ4v) is 3.07. The Morgan fingerprint density at radius 3 is 1.67 bits per heavy atom. The second-order valence-corrected chi connectivity index (χ2v) is 8.95. The molecule has 2 aromatic rings. The molecular formula is C25H38O2. The number of aryl methyl sites for hydroxylation is 3. The summed E-state index contributed by atoms with van der Waals surface area (Å²) >= 11 is 0. The maximum Gasteiger partial charge on any atom is 0.121 e. The SMILES string of the molecule is CCC(C)(C)c1ccc(O)c(C(C)(C)CC)c1.Cc1cc(C)c(O)c(C)c1. The van der Waals surface area contributed by atoms with Crippen molar-refractivity contribution in [3.05, 3.63) is 58.1 Å². The maximum atomic E-state index is 10.0. The molecule has 150 valence electrons. The Hall–Kier alpha value is -1.96. The third-order valence-electron chi connectivity index (χ3n) is 5.91. The van der Waals surface area contributed by atoms with E-state index in [2.05, 4.69) is 47.6 Å². The lowest BCUT2D eigenvalue weighted by Crippen LogP contribution is -2.20. The number of benzene rings is 2. The summed E-state index contributed by atoms with van der Waals surface area (Å²) in [4.78, 5) is 0. The van der Waals surface area contributed by atoms with Crippen molar-refractivity contribution >= 4 is 0 Å². The molecular weight excluding hydrogens is 332 g/mol. The summed E-state index contributed by atoms with van der Waals surface area (Å²) in [6, 6.07) is 10.0. The standard InChI is InChI=1S/C16H26O.C9H12O/c1-7-15(3,4)12-9-10-14(17)13(11-12)16(5,6)8-2;1-6-4-7(2)9(10)8(3)5-6/h9-11,17H,7-8H2,1-6H3;4-5,10H,1-3H3. The van der Waals surface area contributed by atoms with Crippen LogP contribution >= 0.6 is 0 Å².